The van der Waals surface area contributed by atoms with Gasteiger partial charge in [-0.1, -0.05) is 0 Å². The highest BCUT2D eigenvalue weighted by molar-refractivity contribution is 5.68. The van der Waals surface area contributed by atoms with E-state index < -0.39 is 54.5 Å². The highest BCUT2D eigenvalue weighted by Gasteiger charge is 2.54. The number of carbonyl (C=O) groups is 4. The van der Waals surface area contributed by atoms with E-state index in [2.05, 4.69) is 0 Å². The maximum absolute atomic E-state index is 11.9. The lowest BCUT2D eigenvalue weighted by molar-refractivity contribution is -0.284. The van der Waals surface area contributed by atoms with E-state index in [4.69, 9.17) is 23.7 Å². The third kappa shape index (κ3) is 7.24. The van der Waals surface area contributed by atoms with Gasteiger partial charge < -0.3 is 23.7 Å². The summed E-state index contributed by atoms with van der Waals surface area (Å²) < 4.78 is 27.6. The molecule has 1 heterocycles. The molecule has 0 aromatic rings. The monoisotopic (exact) mass is 431 g/mol. The molecule has 172 valence electrons. The molecular weight excluding hydrogens is 398 g/mol. The Morgan fingerprint density at radius 3 is 1.57 bits per heavy atom. The minimum atomic E-state index is -1.16. The summed E-state index contributed by atoms with van der Waals surface area (Å²) in [6, 6.07) is -0.0728. The molecule has 0 N–H and O–H groups in total. The van der Waals surface area contributed by atoms with E-state index in [9.17, 15) is 19.2 Å². The van der Waals surface area contributed by atoms with Crippen LogP contribution in [0.1, 0.15) is 55.4 Å². The number of ether oxygens (including phenoxy) is 5. The Balaban J connectivity index is 3.50. The standard InChI is InChI=1S/C20H33NO9/c1-10(2)21(11(3)4)20-19(29-15(8)25)18(28-14(7)24)17(27-13(6)23)16(30-20)9-26-12(5)22/h10-11,16-20H,9H2,1-8H3/t16-,17-,18+,19-,20-/m1/s1. The summed E-state index contributed by atoms with van der Waals surface area (Å²) in [6.45, 7) is 12.4. The van der Waals surface area contributed by atoms with Gasteiger partial charge in [-0.15, -0.1) is 0 Å². The Kier molecular flexibility index (Phi) is 9.70. The fraction of sp³-hybridized carbons (Fsp3) is 0.800. The van der Waals surface area contributed by atoms with Crippen LogP contribution in [0.3, 0.4) is 0 Å². The lowest BCUT2D eigenvalue weighted by Crippen LogP contribution is -2.67. The first-order valence-electron chi connectivity index (χ1n) is 9.93. The largest absolute Gasteiger partial charge is 0.463 e. The first-order valence-corrected chi connectivity index (χ1v) is 9.93. The summed E-state index contributed by atoms with van der Waals surface area (Å²) >= 11 is 0. The van der Waals surface area contributed by atoms with Gasteiger partial charge in [0, 0.05) is 39.8 Å². The molecule has 10 nitrogen and oxygen atoms in total. The molecule has 5 atom stereocenters. The van der Waals surface area contributed by atoms with Crippen LogP contribution in [-0.4, -0.2) is 78.1 Å². The molecule has 0 aromatic carbocycles. The van der Waals surface area contributed by atoms with Gasteiger partial charge in [-0.3, -0.25) is 24.1 Å². The molecule has 1 aliphatic heterocycles. The molecule has 1 saturated heterocycles. The van der Waals surface area contributed by atoms with Crippen molar-refractivity contribution < 1.29 is 42.9 Å². The van der Waals surface area contributed by atoms with Gasteiger partial charge in [-0.2, -0.15) is 0 Å². The Hall–Kier alpha value is -2.20. The molecular formula is C20H33NO9. The quantitative estimate of drug-likeness (QED) is 0.409. The highest BCUT2D eigenvalue weighted by atomic mass is 16.7. The van der Waals surface area contributed by atoms with Crippen LogP contribution < -0.4 is 0 Å². The van der Waals surface area contributed by atoms with Gasteiger partial charge in [-0.25, -0.2) is 0 Å². The third-order valence-corrected chi connectivity index (χ3v) is 4.45. The van der Waals surface area contributed by atoms with Crippen molar-refractivity contribution in [2.75, 3.05) is 6.61 Å². The van der Waals surface area contributed by atoms with Crippen LogP contribution in [0.25, 0.3) is 0 Å². The first-order chi connectivity index (χ1) is 13.8. The van der Waals surface area contributed by atoms with Crippen molar-refractivity contribution in [2.24, 2.45) is 0 Å². The summed E-state index contributed by atoms with van der Waals surface area (Å²) in [4.78, 5) is 48.8. The number of nitrogens with zero attached hydrogens (tertiary/aromatic N) is 1. The summed E-state index contributed by atoms with van der Waals surface area (Å²) in [7, 11) is 0. The van der Waals surface area contributed by atoms with E-state index >= 15 is 0 Å². The van der Waals surface area contributed by atoms with Gasteiger partial charge >= 0.3 is 23.9 Å². The van der Waals surface area contributed by atoms with Crippen molar-refractivity contribution >= 4 is 23.9 Å². The van der Waals surface area contributed by atoms with Gasteiger partial charge in [0.25, 0.3) is 0 Å². The molecule has 1 aliphatic rings. The van der Waals surface area contributed by atoms with Crippen LogP contribution >= 0.6 is 0 Å². The van der Waals surface area contributed by atoms with Gasteiger partial charge in [0.05, 0.1) is 0 Å². The van der Waals surface area contributed by atoms with Crippen molar-refractivity contribution in [3.05, 3.63) is 0 Å². The molecule has 0 spiro atoms. The van der Waals surface area contributed by atoms with Crippen LogP contribution in [0.15, 0.2) is 0 Å². The predicted molar refractivity (Wildman–Crippen MR) is 104 cm³/mol. The minimum Gasteiger partial charge on any atom is -0.463 e. The summed E-state index contributed by atoms with van der Waals surface area (Å²) in [5.74, 6) is -2.47. The predicted octanol–water partition coefficient (Wildman–Crippen LogP) is 1.19. The Labute approximate surface area is 177 Å². The van der Waals surface area contributed by atoms with Crippen LogP contribution in [-0.2, 0) is 42.9 Å². The number of rotatable bonds is 8. The lowest BCUT2D eigenvalue weighted by Gasteiger charge is -2.49. The van der Waals surface area contributed by atoms with E-state index in [1.165, 1.54) is 27.7 Å². The Morgan fingerprint density at radius 1 is 0.733 bits per heavy atom. The molecule has 0 aliphatic carbocycles. The maximum atomic E-state index is 11.9. The number of hydrogen-bond acceptors (Lipinski definition) is 10. The summed E-state index contributed by atoms with van der Waals surface area (Å²) in [6.07, 6.45) is -5.17. The van der Waals surface area contributed by atoms with E-state index in [1.54, 1.807) is 0 Å². The molecule has 0 unspecified atom stereocenters. The van der Waals surface area contributed by atoms with E-state index in [0.717, 1.165) is 0 Å². The number of hydrogen-bond donors (Lipinski definition) is 0. The van der Waals surface area contributed by atoms with Crippen LogP contribution in [0, 0.1) is 0 Å². The molecule has 1 fully saturated rings. The molecule has 1 rings (SSSR count). The van der Waals surface area contributed by atoms with E-state index in [1.807, 2.05) is 32.6 Å². The van der Waals surface area contributed by atoms with Gasteiger partial charge in [-0.05, 0) is 27.7 Å². The van der Waals surface area contributed by atoms with Crippen LogP contribution in [0.2, 0.25) is 0 Å². The maximum Gasteiger partial charge on any atom is 0.303 e. The van der Waals surface area contributed by atoms with Crippen molar-refractivity contribution in [3.63, 3.8) is 0 Å². The second kappa shape index (κ2) is 11.3. The molecule has 0 amide bonds. The fourth-order valence-corrected chi connectivity index (χ4v) is 3.63. The first kappa shape index (κ1) is 25.8. The highest BCUT2D eigenvalue weighted by Crippen LogP contribution is 2.32. The zero-order valence-electron chi connectivity index (χ0n) is 18.9. The third-order valence-electron chi connectivity index (χ3n) is 4.45. The van der Waals surface area contributed by atoms with E-state index in [-0.39, 0.29) is 18.7 Å². The second-order valence-electron chi connectivity index (χ2n) is 7.72. The van der Waals surface area contributed by atoms with Crippen LogP contribution in [0.5, 0.6) is 0 Å². The van der Waals surface area contributed by atoms with Crippen molar-refractivity contribution in [2.45, 2.75) is 98.1 Å². The average molecular weight is 431 g/mol. The van der Waals surface area contributed by atoms with Crippen molar-refractivity contribution in [1.29, 1.82) is 0 Å². The second-order valence-corrected chi connectivity index (χ2v) is 7.72. The average Bonchev–Trinajstić information content (AvgIpc) is 2.56. The zero-order chi connectivity index (χ0) is 23.2. The minimum absolute atomic E-state index is 0.0364. The number of esters is 4. The smallest absolute Gasteiger partial charge is 0.303 e. The molecule has 0 bridgehead atoms. The lowest BCUT2D eigenvalue weighted by atomic mass is 9.95. The Morgan fingerprint density at radius 2 is 1.17 bits per heavy atom. The van der Waals surface area contributed by atoms with Crippen LogP contribution in [0.4, 0.5) is 0 Å². The summed E-state index contributed by atoms with van der Waals surface area (Å²) in [5, 5.41) is 0. The normalized spacial score (nSPS) is 26.4. The van der Waals surface area contributed by atoms with Gasteiger partial charge in [0.15, 0.2) is 24.5 Å². The SMILES string of the molecule is CC(=O)OC[C@H]1O[C@@H](N(C(C)C)C(C)C)[C@H](OC(C)=O)[C@@H](OC(C)=O)[C@@H]1OC(C)=O. The molecule has 10 heteroatoms. The summed E-state index contributed by atoms with van der Waals surface area (Å²) in [5.41, 5.74) is 0. The zero-order valence-corrected chi connectivity index (χ0v) is 18.9. The Bertz CT molecular complexity index is 626. The topological polar surface area (TPSA) is 118 Å². The fourth-order valence-electron chi connectivity index (χ4n) is 3.63. The van der Waals surface area contributed by atoms with Gasteiger partial charge in [0.1, 0.15) is 12.7 Å². The molecule has 30 heavy (non-hydrogen) atoms. The molecule has 0 radical (unpaired) electrons. The van der Waals surface area contributed by atoms with Crippen molar-refractivity contribution in [1.82, 2.24) is 4.90 Å². The van der Waals surface area contributed by atoms with Crippen molar-refractivity contribution in [3.8, 4) is 0 Å². The molecule has 0 aromatic heterocycles. The molecule has 0 saturated carbocycles. The van der Waals surface area contributed by atoms with Gasteiger partial charge in [0.2, 0.25) is 0 Å². The van der Waals surface area contributed by atoms with E-state index in [0.29, 0.717) is 0 Å². The number of carbonyl (C=O) groups excluding carboxylic acids is 4.